The number of carboxylic acid groups (broad SMARTS) is 1. The maximum Gasteiger partial charge on any atom is 0.308 e. The van der Waals surface area contributed by atoms with Crippen LogP contribution >= 0.6 is 0 Å². The Labute approximate surface area is 137 Å². The third-order valence-electron chi connectivity index (χ3n) is 4.38. The van der Waals surface area contributed by atoms with Crippen LogP contribution in [0.1, 0.15) is 31.7 Å². The molecular weight excluding hydrogens is 294 g/mol. The number of hydrogen-bond acceptors (Lipinski definition) is 3. The summed E-state index contributed by atoms with van der Waals surface area (Å²) in [4.78, 5) is 25.2. The Kier molecular flexibility index (Phi) is 6.02. The molecule has 5 nitrogen and oxygen atoms in total. The van der Waals surface area contributed by atoms with Gasteiger partial charge in [-0.25, -0.2) is 0 Å². The van der Waals surface area contributed by atoms with Crippen molar-refractivity contribution < 1.29 is 19.4 Å². The second kappa shape index (κ2) is 7.99. The van der Waals surface area contributed by atoms with Gasteiger partial charge in [0.2, 0.25) is 5.91 Å². The molecule has 126 valence electrons. The monoisotopic (exact) mass is 319 g/mol. The highest BCUT2D eigenvalue weighted by Gasteiger charge is 2.31. The molecule has 2 rings (SSSR count). The Hall–Kier alpha value is -2.04. The third kappa shape index (κ3) is 4.98. The number of nitrogens with zero attached hydrogens (tertiary/aromatic N) is 1. The summed E-state index contributed by atoms with van der Waals surface area (Å²) in [7, 11) is 1.64. The van der Waals surface area contributed by atoms with E-state index in [0.29, 0.717) is 25.9 Å². The Bertz CT molecular complexity index is 540. The van der Waals surface area contributed by atoms with Gasteiger partial charge in [-0.15, -0.1) is 0 Å². The third-order valence-corrected chi connectivity index (χ3v) is 4.38. The minimum absolute atomic E-state index is 0.0660. The van der Waals surface area contributed by atoms with Crippen LogP contribution in [-0.2, 0) is 16.0 Å². The molecule has 1 fully saturated rings. The lowest BCUT2D eigenvalue weighted by Crippen LogP contribution is -2.45. The summed E-state index contributed by atoms with van der Waals surface area (Å²) < 4.78 is 5.12. The molecule has 1 aliphatic heterocycles. The summed E-state index contributed by atoms with van der Waals surface area (Å²) >= 11 is 0. The molecule has 1 aromatic carbocycles. The van der Waals surface area contributed by atoms with Crippen molar-refractivity contribution in [2.24, 2.45) is 11.8 Å². The average molecular weight is 319 g/mol. The Morgan fingerprint density at radius 2 is 1.96 bits per heavy atom. The summed E-state index contributed by atoms with van der Waals surface area (Å²) in [5, 5.41) is 9.17. The van der Waals surface area contributed by atoms with Gasteiger partial charge in [-0.2, -0.15) is 0 Å². The van der Waals surface area contributed by atoms with Crippen LogP contribution in [0.25, 0.3) is 0 Å². The van der Waals surface area contributed by atoms with Gasteiger partial charge in [0.25, 0.3) is 0 Å². The van der Waals surface area contributed by atoms with E-state index in [-0.39, 0.29) is 11.8 Å². The van der Waals surface area contributed by atoms with E-state index in [1.165, 1.54) is 5.56 Å². The first kappa shape index (κ1) is 17.3. The molecule has 1 amide bonds. The van der Waals surface area contributed by atoms with Crippen LogP contribution in [0, 0.1) is 11.8 Å². The number of likely N-dealkylation sites (tertiary alicyclic amines) is 1. The number of hydrogen-bond donors (Lipinski definition) is 1. The topological polar surface area (TPSA) is 66.8 Å². The first-order valence-electron chi connectivity index (χ1n) is 8.13. The number of benzene rings is 1. The number of ether oxygens (including phenoxy) is 1. The van der Waals surface area contributed by atoms with Gasteiger partial charge in [0.05, 0.1) is 13.0 Å². The first-order chi connectivity index (χ1) is 11.0. The molecule has 1 aromatic rings. The van der Waals surface area contributed by atoms with Gasteiger partial charge in [0.15, 0.2) is 0 Å². The van der Waals surface area contributed by atoms with E-state index in [0.717, 1.165) is 18.6 Å². The zero-order valence-electron chi connectivity index (χ0n) is 13.8. The summed E-state index contributed by atoms with van der Waals surface area (Å²) in [6.07, 6.45) is 2.73. The van der Waals surface area contributed by atoms with Crippen LogP contribution in [0.4, 0.5) is 0 Å². The molecular formula is C18H25NO4. The quantitative estimate of drug-likeness (QED) is 0.875. The van der Waals surface area contributed by atoms with E-state index in [9.17, 15) is 14.7 Å². The van der Waals surface area contributed by atoms with E-state index in [2.05, 4.69) is 0 Å². The molecule has 0 spiro atoms. The normalized spacial score (nSPS) is 21.0. The Morgan fingerprint density at radius 3 is 2.57 bits per heavy atom. The second-order valence-electron chi connectivity index (χ2n) is 6.38. The van der Waals surface area contributed by atoms with E-state index in [1.54, 1.807) is 12.0 Å². The maximum atomic E-state index is 12.3. The number of methoxy groups -OCH3 is 1. The molecule has 0 aliphatic carbocycles. The van der Waals surface area contributed by atoms with Crippen molar-refractivity contribution in [3.63, 3.8) is 0 Å². The zero-order valence-corrected chi connectivity index (χ0v) is 13.8. The second-order valence-corrected chi connectivity index (χ2v) is 6.38. The van der Waals surface area contributed by atoms with Crippen molar-refractivity contribution in [2.45, 2.75) is 32.6 Å². The molecule has 23 heavy (non-hydrogen) atoms. The van der Waals surface area contributed by atoms with Crippen LogP contribution in [0.15, 0.2) is 24.3 Å². The van der Waals surface area contributed by atoms with Crippen LogP contribution in [0.5, 0.6) is 5.75 Å². The van der Waals surface area contributed by atoms with Crippen molar-refractivity contribution >= 4 is 11.9 Å². The molecule has 0 aromatic heterocycles. The Morgan fingerprint density at radius 1 is 1.26 bits per heavy atom. The Balaban J connectivity index is 1.80. The first-order valence-corrected chi connectivity index (χ1v) is 8.13. The molecule has 1 saturated heterocycles. The van der Waals surface area contributed by atoms with Gasteiger partial charge in [-0.3, -0.25) is 9.59 Å². The van der Waals surface area contributed by atoms with Crippen LogP contribution < -0.4 is 4.74 Å². The van der Waals surface area contributed by atoms with Crippen molar-refractivity contribution in [3.05, 3.63) is 29.8 Å². The minimum Gasteiger partial charge on any atom is -0.497 e. The van der Waals surface area contributed by atoms with Crippen molar-refractivity contribution in [1.82, 2.24) is 4.90 Å². The summed E-state index contributed by atoms with van der Waals surface area (Å²) in [5.74, 6) is -0.0876. The molecule has 0 radical (unpaired) electrons. The number of aryl methyl sites for hydroxylation is 1. The van der Waals surface area contributed by atoms with Crippen molar-refractivity contribution in [3.8, 4) is 5.75 Å². The lowest BCUT2D eigenvalue weighted by Gasteiger charge is -2.34. The lowest BCUT2D eigenvalue weighted by molar-refractivity contribution is -0.146. The smallest absolute Gasteiger partial charge is 0.308 e. The molecule has 2 atom stereocenters. The standard InChI is InChI=1S/C18H25NO4/c1-13-10-15(18(21)22)12-19(11-13)17(20)5-3-4-14-6-8-16(23-2)9-7-14/h6-9,13,15H,3-5,10-12H2,1-2H3,(H,21,22). The maximum absolute atomic E-state index is 12.3. The predicted octanol–water partition coefficient (Wildman–Crippen LogP) is 2.59. The molecule has 0 bridgehead atoms. The van der Waals surface area contributed by atoms with Crippen LogP contribution in [-0.4, -0.2) is 42.1 Å². The molecule has 1 aliphatic rings. The van der Waals surface area contributed by atoms with Crippen molar-refractivity contribution in [2.75, 3.05) is 20.2 Å². The van der Waals surface area contributed by atoms with Crippen LogP contribution in [0.2, 0.25) is 0 Å². The van der Waals surface area contributed by atoms with Crippen molar-refractivity contribution in [1.29, 1.82) is 0 Å². The summed E-state index contributed by atoms with van der Waals surface area (Å²) in [5.41, 5.74) is 1.18. The average Bonchev–Trinajstić information content (AvgIpc) is 2.54. The summed E-state index contributed by atoms with van der Waals surface area (Å²) in [6.45, 7) is 3.03. The molecule has 1 heterocycles. The van der Waals surface area contributed by atoms with Gasteiger partial charge in [-0.1, -0.05) is 19.1 Å². The van der Waals surface area contributed by atoms with Gasteiger partial charge in [0, 0.05) is 19.5 Å². The molecule has 5 heteroatoms. The summed E-state index contributed by atoms with van der Waals surface area (Å²) in [6, 6.07) is 7.85. The van der Waals surface area contributed by atoms with E-state index in [1.807, 2.05) is 31.2 Å². The van der Waals surface area contributed by atoms with E-state index < -0.39 is 11.9 Å². The van der Waals surface area contributed by atoms with Gasteiger partial charge in [0.1, 0.15) is 5.75 Å². The molecule has 1 N–H and O–H groups in total. The van der Waals surface area contributed by atoms with E-state index in [4.69, 9.17) is 4.74 Å². The largest absolute Gasteiger partial charge is 0.497 e. The number of carboxylic acids is 1. The van der Waals surface area contributed by atoms with Gasteiger partial charge in [-0.05, 0) is 42.9 Å². The molecule has 0 saturated carbocycles. The number of amides is 1. The highest BCUT2D eigenvalue weighted by molar-refractivity contribution is 5.78. The SMILES string of the molecule is COc1ccc(CCCC(=O)N2CC(C)CC(C(=O)O)C2)cc1. The fourth-order valence-corrected chi connectivity index (χ4v) is 3.13. The van der Waals surface area contributed by atoms with Gasteiger partial charge >= 0.3 is 5.97 Å². The number of carbonyl (C=O) groups is 2. The number of piperidine rings is 1. The number of rotatable bonds is 6. The highest BCUT2D eigenvalue weighted by Crippen LogP contribution is 2.23. The van der Waals surface area contributed by atoms with E-state index >= 15 is 0 Å². The lowest BCUT2D eigenvalue weighted by atomic mass is 9.90. The number of aliphatic carboxylic acids is 1. The van der Waals surface area contributed by atoms with Gasteiger partial charge < -0.3 is 14.7 Å². The number of carbonyl (C=O) groups excluding carboxylic acids is 1. The fourth-order valence-electron chi connectivity index (χ4n) is 3.13. The zero-order chi connectivity index (χ0) is 16.8. The fraction of sp³-hybridized carbons (Fsp3) is 0.556. The minimum atomic E-state index is -0.799. The predicted molar refractivity (Wildman–Crippen MR) is 87.4 cm³/mol. The van der Waals surface area contributed by atoms with Crippen LogP contribution in [0.3, 0.4) is 0 Å². The highest BCUT2D eigenvalue weighted by atomic mass is 16.5. The molecule has 2 unspecified atom stereocenters.